The standard InChI is InChI=1S/C17H15Cl2F3N4O4S2/c18-9-5-11(19)16(12(23)6-9)32(29,30)25-15(17(20,21)22)8-26-7-14(31(24,27)28)10-3-1-2-4-13(10)26/h1-7,15,25H,8,23H2,(H2,24,27,28). The lowest BCUT2D eigenvalue weighted by molar-refractivity contribution is -0.154. The third-order valence-electron chi connectivity index (χ3n) is 4.44. The molecule has 0 spiro atoms. The first-order valence-electron chi connectivity index (χ1n) is 8.55. The Hall–Kier alpha value is -2.03. The van der Waals surface area contributed by atoms with Crippen LogP contribution in [-0.4, -0.2) is 33.6 Å². The highest BCUT2D eigenvalue weighted by atomic mass is 35.5. The second-order valence-corrected chi connectivity index (χ2v) is 10.8. The number of halogens is 5. The molecule has 1 aromatic heterocycles. The molecule has 2 aromatic carbocycles. The summed E-state index contributed by atoms with van der Waals surface area (Å²) >= 11 is 11.6. The summed E-state index contributed by atoms with van der Waals surface area (Å²) in [5.74, 6) is 0. The molecule has 0 bridgehead atoms. The van der Waals surface area contributed by atoms with Gasteiger partial charge in [-0.05, 0) is 18.2 Å². The van der Waals surface area contributed by atoms with Crippen molar-refractivity contribution in [2.45, 2.75) is 28.6 Å². The molecule has 0 saturated heterocycles. The molecule has 1 atom stereocenters. The van der Waals surface area contributed by atoms with Crippen molar-refractivity contribution in [3.05, 3.63) is 52.6 Å². The van der Waals surface area contributed by atoms with E-state index in [0.29, 0.717) is 0 Å². The smallest absolute Gasteiger partial charge is 0.398 e. The first-order valence-corrected chi connectivity index (χ1v) is 12.3. The van der Waals surface area contributed by atoms with Crippen LogP contribution in [0.3, 0.4) is 0 Å². The molecule has 0 radical (unpaired) electrons. The van der Waals surface area contributed by atoms with Crippen LogP contribution in [0.15, 0.2) is 52.4 Å². The molecule has 0 aliphatic carbocycles. The summed E-state index contributed by atoms with van der Waals surface area (Å²) in [6, 6.07) is 5.09. The Bertz CT molecular complexity index is 1380. The number of nitrogens with zero attached hydrogens (tertiary/aromatic N) is 1. The normalized spacial score (nSPS) is 14.1. The van der Waals surface area contributed by atoms with Gasteiger partial charge in [0.05, 0.1) is 10.7 Å². The van der Waals surface area contributed by atoms with Crippen molar-refractivity contribution in [1.29, 1.82) is 0 Å². The molecule has 1 heterocycles. The van der Waals surface area contributed by atoms with E-state index >= 15 is 0 Å². The molecule has 0 aliphatic heterocycles. The zero-order chi connectivity index (χ0) is 24.1. The van der Waals surface area contributed by atoms with E-state index in [1.807, 2.05) is 0 Å². The molecule has 8 nitrogen and oxygen atoms in total. The second kappa shape index (κ2) is 8.39. The highest BCUT2D eigenvalue weighted by Gasteiger charge is 2.43. The topological polar surface area (TPSA) is 137 Å². The number of hydrogen-bond donors (Lipinski definition) is 3. The maximum atomic E-state index is 13.8. The largest absolute Gasteiger partial charge is 0.406 e. The SMILES string of the molecule is Nc1cc(Cl)cc(Cl)c1S(=O)(=O)NC(Cn1cc(S(N)(=O)=O)c2ccccc21)C(F)(F)F. The van der Waals surface area contributed by atoms with Crippen molar-refractivity contribution in [1.82, 2.24) is 9.29 Å². The predicted octanol–water partition coefficient (Wildman–Crippen LogP) is 3.09. The lowest BCUT2D eigenvalue weighted by atomic mass is 10.2. The highest BCUT2D eigenvalue weighted by Crippen LogP contribution is 2.33. The van der Waals surface area contributed by atoms with E-state index in [1.165, 1.54) is 24.3 Å². The fraction of sp³-hybridized carbons (Fsp3) is 0.176. The summed E-state index contributed by atoms with van der Waals surface area (Å²) in [4.78, 5) is -1.16. The number of fused-ring (bicyclic) bond motifs is 1. The summed E-state index contributed by atoms with van der Waals surface area (Å²) < 4.78 is 93.0. The van der Waals surface area contributed by atoms with Gasteiger partial charge in [-0.15, -0.1) is 0 Å². The molecule has 0 fully saturated rings. The Morgan fingerprint density at radius 1 is 1.09 bits per heavy atom. The van der Waals surface area contributed by atoms with Gasteiger partial charge < -0.3 is 10.3 Å². The predicted molar refractivity (Wildman–Crippen MR) is 114 cm³/mol. The van der Waals surface area contributed by atoms with Crippen molar-refractivity contribution in [2.24, 2.45) is 5.14 Å². The lowest BCUT2D eigenvalue weighted by Crippen LogP contribution is -2.48. The van der Waals surface area contributed by atoms with Gasteiger partial charge in [0.15, 0.2) is 0 Å². The maximum absolute atomic E-state index is 13.8. The minimum Gasteiger partial charge on any atom is -0.398 e. The Kier molecular flexibility index (Phi) is 6.45. The number of sulfonamides is 2. The molecular formula is C17H15Cl2F3N4O4S2. The number of nitrogen functional groups attached to an aromatic ring is 1. The van der Waals surface area contributed by atoms with Crippen molar-refractivity contribution in [2.75, 3.05) is 5.73 Å². The highest BCUT2D eigenvalue weighted by molar-refractivity contribution is 7.90. The molecule has 174 valence electrons. The van der Waals surface area contributed by atoms with Crippen LogP contribution in [0.5, 0.6) is 0 Å². The number of nitrogens with two attached hydrogens (primary N) is 2. The monoisotopic (exact) mass is 530 g/mol. The van der Waals surface area contributed by atoms with Crippen LogP contribution in [0.2, 0.25) is 10.0 Å². The van der Waals surface area contributed by atoms with Gasteiger partial charge in [-0.3, -0.25) is 0 Å². The quantitative estimate of drug-likeness (QED) is 0.420. The molecule has 15 heteroatoms. The van der Waals surface area contributed by atoms with Gasteiger partial charge in [-0.2, -0.15) is 17.9 Å². The summed E-state index contributed by atoms with van der Waals surface area (Å²) in [5, 5.41) is 4.78. The van der Waals surface area contributed by atoms with Crippen LogP contribution in [0, 0.1) is 0 Å². The maximum Gasteiger partial charge on any atom is 0.406 e. The van der Waals surface area contributed by atoms with E-state index in [0.717, 1.165) is 22.9 Å². The van der Waals surface area contributed by atoms with Crippen LogP contribution in [0.4, 0.5) is 18.9 Å². The first-order chi connectivity index (χ1) is 14.6. The van der Waals surface area contributed by atoms with Crippen molar-refractivity contribution >= 4 is 59.8 Å². The fourth-order valence-corrected chi connectivity index (χ4v) is 6.06. The average Bonchev–Trinajstić information content (AvgIpc) is 2.98. The second-order valence-electron chi connectivity index (χ2n) is 6.73. The minimum absolute atomic E-state index is 0.00634. The Balaban J connectivity index is 2.07. The van der Waals surface area contributed by atoms with E-state index < -0.39 is 59.3 Å². The van der Waals surface area contributed by atoms with E-state index in [9.17, 15) is 30.0 Å². The molecular weight excluding hydrogens is 516 g/mol. The van der Waals surface area contributed by atoms with E-state index in [1.54, 1.807) is 4.72 Å². The summed E-state index contributed by atoms with van der Waals surface area (Å²) in [6.45, 7) is -0.996. The summed E-state index contributed by atoms with van der Waals surface area (Å²) in [6.07, 6.45) is -4.15. The number of primary sulfonamides is 1. The zero-order valence-electron chi connectivity index (χ0n) is 15.8. The number of hydrogen-bond acceptors (Lipinski definition) is 5. The summed E-state index contributed by atoms with van der Waals surface area (Å²) in [5.41, 5.74) is 5.28. The molecule has 5 N–H and O–H groups in total. The van der Waals surface area contributed by atoms with E-state index in [-0.39, 0.29) is 15.9 Å². The summed E-state index contributed by atoms with van der Waals surface area (Å²) in [7, 11) is -9.12. The van der Waals surface area contributed by atoms with Gasteiger partial charge in [0.1, 0.15) is 15.8 Å². The Labute approximate surface area is 191 Å². The van der Waals surface area contributed by atoms with Crippen LogP contribution >= 0.6 is 23.2 Å². The molecule has 3 rings (SSSR count). The third kappa shape index (κ3) is 4.97. The van der Waals surface area contributed by atoms with Crippen molar-refractivity contribution < 1.29 is 30.0 Å². The number of para-hydroxylation sites is 1. The van der Waals surface area contributed by atoms with E-state index in [4.69, 9.17) is 34.1 Å². The van der Waals surface area contributed by atoms with Gasteiger partial charge >= 0.3 is 6.18 Å². The third-order valence-corrected chi connectivity index (χ3v) is 7.59. The van der Waals surface area contributed by atoms with Gasteiger partial charge in [0, 0.05) is 28.7 Å². The van der Waals surface area contributed by atoms with Crippen LogP contribution in [0.25, 0.3) is 10.9 Å². The molecule has 0 aliphatic rings. The fourth-order valence-electron chi connectivity index (χ4n) is 3.11. The number of aromatic nitrogens is 1. The zero-order valence-corrected chi connectivity index (χ0v) is 18.9. The van der Waals surface area contributed by atoms with Gasteiger partial charge in [-0.1, -0.05) is 41.4 Å². The van der Waals surface area contributed by atoms with Crippen molar-refractivity contribution in [3.8, 4) is 0 Å². The molecule has 32 heavy (non-hydrogen) atoms. The van der Waals surface area contributed by atoms with Gasteiger partial charge in [0.25, 0.3) is 0 Å². The van der Waals surface area contributed by atoms with Crippen LogP contribution < -0.4 is 15.6 Å². The minimum atomic E-state index is -5.06. The molecule has 1 unspecified atom stereocenters. The van der Waals surface area contributed by atoms with Crippen LogP contribution in [0.1, 0.15) is 0 Å². The number of alkyl halides is 3. The Morgan fingerprint density at radius 2 is 1.72 bits per heavy atom. The first kappa shape index (κ1) is 24.6. The van der Waals surface area contributed by atoms with Crippen LogP contribution in [-0.2, 0) is 26.6 Å². The molecule has 0 saturated carbocycles. The molecule has 0 amide bonds. The number of benzene rings is 2. The number of nitrogens with one attached hydrogen (secondary N) is 1. The number of anilines is 1. The van der Waals surface area contributed by atoms with Crippen molar-refractivity contribution in [3.63, 3.8) is 0 Å². The number of rotatable bonds is 6. The molecule has 3 aromatic rings. The van der Waals surface area contributed by atoms with E-state index in [2.05, 4.69) is 0 Å². The Morgan fingerprint density at radius 3 is 2.28 bits per heavy atom. The van der Waals surface area contributed by atoms with Gasteiger partial charge in [-0.25, -0.2) is 22.0 Å². The average molecular weight is 531 g/mol. The lowest BCUT2D eigenvalue weighted by Gasteiger charge is -2.23. The van der Waals surface area contributed by atoms with Gasteiger partial charge in [0.2, 0.25) is 20.0 Å².